The summed E-state index contributed by atoms with van der Waals surface area (Å²) < 4.78 is 4.72. The van der Waals surface area contributed by atoms with Crippen LogP contribution in [0.1, 0.15) is 33.2 Å². The van der Waals surface area contributed by atoms with E-state index in [9.17, 15) is 9.59 Å². The van der Waals surface area contributed by atoms with Crippen molar-refractivity contribution in [1.29, 1.82) is 0 Å². The fourth-order valence-corrected chi connectivity index (χ4v) is 2.33. The number of aryl methyl sites for hydroxylation is 1. The van der Waals surface area contributed by atoms with Crippen molar-refractivity contribution >= 4 is 40.5 Å². The van der Waals surface area contributed by atoms with Crippen LogP contribution in [0.4, 0.5) is 11.4 Å². The van der Waals surface area contributed by atoms with Crippen LogP contribution in [0.3, 0.4) is 0 Å². The number of ether oxygens (including phenoxy) is 1. The molecular formula is C18H18N2O3S. The van der Waals surface area contributed by atoms with E-state index in [4.69, 9.17) is 17.0 Å². The summed E-state index contributed by atoms with van der Waals surface area (Å²) in [6, 6.07) is 12.3. The summed E-state index contributed by atoms with van der Waals surface area (Å²) in [5.74, 6) is -0.426. The number of thiocarbonyl (C=S) groups is 1. The molecule has 0 radical (unpaired) electrons. The van der Waals surface area contributed by atoms with Gasteiger partial charge in [-0.05, 0) is 55.9 Å². The first-order valence-corrected chi connectivity index (χ1v) is 7.69. The lowest BCUT2D eigenvalue weighted by molar-refractivity contribution is 0.0600. The molecule has 2 N–H and O–H groups in total. The van der Waals surface area contributed by atoms with E-state index in [2.05, 4.69) is 10.6 Å². The average Bonchev–Trinajstić information content (AvgIpc) is 2.56. The molecule has 0 aliphatic carbocycles. The third-order valence-corrected chi connectivity index (χ3v) is 3.64. The number of hydrogen-bond donors (Lipinski definition) is 2. The number of hydrogen-bond acceptors (Lipinski definition) is 4. The molecule has 2 aromatic carbocycles. The van der Waals surface area contributed by atoms with Crippen LogP contribution in [0.25, 0.3) is 0 Å². The monoisotopic (exact) mass is 342 g/mol. The third-order valence-electron chi connectivity index (χ3n) is 3.43. The van der Waals surface area contributed by atoms with Gasteiger partial charge in [0.05, 0.1) is 12.7 Å². The molecular weight excluding hydrogens is 324 g/mol. The van der Waals surface area contributed by atoms with Crippen LogP contribution < -0.4 is 10.6 Å². The number of anilines is 2. The number of Topliss-reactive ketones (excluding diaryl/α,β-unsaturated/α-hetero) is 1. The lowest BCUT2D eigenvalue weighted by atomic mass is 10.1. The van der Waals surface area contributed by atoms with Crippen molar-refractivity contribution in [3.8, 4) is 0 Å². The van der Waals surface area contributed by atoms with Crippen LogP contribution >= 0.6 is 12.2 Å². The lowest BCUT2D eigenvalue weighted by Crippen LogP contribution is -2.20. The highest BCUT2D eigenvalue weighted by atomic mass is 32.1. The van der Waals surface area contributed by atoms with Gasteiger partial charge < -0.3 is 15.4 Å². The number of esters is 1. The van der Waals surface area contributed by atoms with Gasteiger partial charge in [-0.1, -0.05) is 18.2 Å². The number of nitrogens with one attached hydrogen (secondary N) is 2. The summed E-state index contributed by atoms with van der Waals surface area (Å²) in [5.41, 5.74) is 3.39. The van der Waals surface area contributed by atoms with E-state index in [-0.39, 0.29) is 5.78 Å². The van der Waals surface area contributed by atoms with Crippen LogP contribution in [0.2, 0.25) is 0 Å². The zero-order valence-corrected chi connectivity index (χ0v) is 14.5. The number of benzene rings is 2. The van der Waals surface area contributed by atoms with Crippen LogP contribution in [0.5, 0.6) is 0 Å². The normalized spacial score (nSPS) is 9.96. The van der Waals surface area contributed by atoms with Crippen LogP contribution in [0, 0.1) is 6.92 Å². The van der Waals surface area contributed by atoms with Crippen molar-refractivity contribution in [2.45, 2.75) is 13.8 Å². The standard InChI is InChI=1S/C18H18N2O3S/c1-11-7-8-14(17(22)23-3)10-16(11)20-18(24)19-15-6-4-5-13(9-15)12(2)21/h4-10H,1-3H3,(H2,19,20,24). The maximum Gasteiger partial charge on any atom is 0.337 e. The molecule has 6 heteroatoms. The van der Waals surface area contributed by atoms with Gasteiger partial charge in [0.2, 0.25) is 0 Å². The van der Waals surface area contributed by atoms with Crippen molar-refractivity contribution in [2.24, 2.45) is 0 Å². The largest absolute Gasteiger partial charge is 0.465 e. The van der Waals surface area contributed by atoms with E-state index < -0.39 is 5.97 Å². The summed E-state index contributed by atoms with van der Waals surface area (Å²) in [7, 11) is 1.34. The number of carbonyl (C=O) groups excluding carboxylic acids is 2. The summed E-state index contributed by atoms with van der Waals surface area (Å²) in [4.78, 5) is 23.1. The molecule has 24 heavy (non-hydrogen) atoms. The Hall–Kier alpha value is -2.73. The first-order valence-electron chi connectivity index (χ1n) is 7.28. The molecule has 0 fully saturated rings. The molecule has 124 valence electrons. The van der Waals surface area contributed by atoms with Crippen LogP contribution in [-0.4, -0.2) is 24.0 Å². The summed E-state index contributed by atoms with van der Waals surface area (Å²) in [6.07, 6.45) is 0. The van der Waals surface area contributed by atoms with E-state index >= 15 is 0 Å². The smallest absolute Gasteiger partial charge is 0.337 e. The maximum atomic E-state index is 11.6. The number of ketones is 1. The SMILES string of the molecule is COC(=O)c1ccc(C)c(NC(=S)Nc2cccc(C(C)=O)c2)c1. The molecule has 0 heterocycles. The minimum absolute atomic E-state index is 0.0147. The highest BCUT2D eigenvalue weighted by Crippen LogP contribution is 2.18. The van der Waals surface area contributed by atoms with E-state index in [0.29, 0.717) is 27.6 Å². The second kappa shape index (κ2) is 7.70. The fourth-order valence-electron chi connectivity index (χ4n) is 2.10. The first-order chi connectivity index (χ1) is 11.4. The van der Waals surface area contributed by atoms with Crippen molar-refractivity contribution in [2.75, 3.05) is 17.7 Å². The minimum Gasteiger partial charge on any atom is -0.465 e. The Morgan fingerprint density at radius 2 is 1.79 bits per heavy atom. The van der Waals surface area contributed by atoms with Crippen molar-refractivity contribution in [3.63, 3.8) is 0 Å². The molecule has 0 aliphatic heterocycles. The molecule has 0 unspecified atom stereocenters. The highest BCUT2D eigenvalue weighted by molar-refractivity contribution is 7.80. The minimum atomic E-state index is -0.411. The zero-order chi connectivity index (χ0) is 17.7. The molecule has 2 rings (SSSR count). The van der Waals surface area contributed by atoms with E-state index in [1.54, 1.807) is 30.3 Å². The van der Waals surface area contributed by atoms with Gasteiger partial charge in [-0.3, -0.25) is 4.79 Å². The van der Waals surface area contributed by atoms with Crippen molar-refractivity contribution in [3.05, 3.63) is 59.2 Å². The molecule has 0 spiro atoms. The van der Waals surface area contributed by atoms with Crippen LogP contribution in [0.15, 0.2) is 42.5 Å². The van der Waals surface area contributed by atoms with Crippen LogP contribution in [-0.2, 0) is 4.74 Å². The Labute approximate surface area is 146 Å². The Kier molecular flexibility index (Phi) is 5.65. The quantitative estimate of drug-likeness (QED) is 0.500. The van der Waals surface area contributed by atoms with Gasteiger partial charge in [-0.25, -0.2) is 4.79 Å². The first kappa shape index (κ1) is 17.6. The molecule has 5 nitrogen and oxygen atoms in total. The van der Waals surface area contributed by atoms with Gasteiger partial charge in [0, 0.05) is 16.9 Å². The van der Waals surface area contributed by atoms with Gasteiger partial charge in [0.1, 0.15) is 0 Å². The van der Waals surface area contributed by atoms with Gasteiger partial charge in [-0.2, -0.15) is 0 Å². The summed E-state index contributed by atoms with van der Waals surface area (Å²) >= 11 is 5.30. The molecule has 0 atom stereocenters. The van der Waals surface area contributed by atoms with E-state index in [1.165, 1.54) is 14.0 Å². The average molecular weight is 342 g/mol. The van der Waals surface area contributed by atoms with Crippen molar-refractivity contribution in [1.82, 2.24) is 0 Å². The second-order valence-corrected chi connectivity index (χ2v) is 5.65. The second-order valence-electron chi connectivity index (χ2n) is 5.24. The predicted molar refractivity (Wildman–Crippen MR) is 98.8 cm³/mol. The predicted octanol–water partition coefficient (Wildman–Crippen LogP) is 3.79. The molecule has 0 saturated heterocycles. The highest BCUT2D eigenvalue weighted by Gasteiger charge is 2.09. The fraction of sp³-hybridized carbons (Fsp3) is 0.167. The lowest BCUT2D eigenvalue weighted by Gasteiger charge is -2.14. The number of carbonyl (C=O) groups is 2. The van der Waals surface area contributed by atoms with Gasteiger partial charge in [0.25, 0.3) is 0 Å². The van der Waals surface area contributed by atoms with Gasteiger partial charge in [-0.15, -0.1) is 0 Å². The third kappa shape index (κ3) is 4.39. The summed E-state index contributed by atoms with van der Waals surface area (Å²) in [6.45, 7) is 3.42. The van der Waals surface area contributed by atoms with Gasteiger partial charge in [0.15, 0.2) is 10.9 Å². The molecule has 0 saturated carbocycles. The maximum absolute atomic E-state index is 11.6. The number of rotatable bonds is 4. The Bertz CT molecular complexity index is 803. The van der Waals surface area contributed by atoms with E-state index in [1.807, 2.05) is 19.1 Å². The van der Waals surface area contributed by atoms with E-state index in [0.717, 1.165) is 5.56 Å². The molecule has 0 bridgehead atoms. The molecule has 0 amide bonds. The zero-order valence-electron chi connectivity index (χ0n) is 13.7. The molecule has 0 aliphatic rings. The topological polar surface area (TPSA) is 67.4 Å². The molecule has 0 aromatic heterocycles. The van der Waals surface area contributed by atoms with Crippen molar-refractivity contribution < 1.29 is 14.3 Å². The van der Waals surface area contributed by atoms with Gasteiger partial charge >= 0.3 is 5.97 Å². The Morgan fingerprint density at radius 1 is 1.04 bits per heavy atom. The Morgan fingerprint density at radius 3 is 2.46 bits per heavy atom. The summed E-state index contributed by atoms with van der Waals surface area (Å²) in [5, 5.41) is 6.44. The molecule has 2 aromatic rings. The Balaban J connectivity index is 2.14. The number of methoxy groups -OCH3 is 1.